The molecule has 33 heavy (non-hydrogen) atoms. The average Bonchev–Trinajstić information content (AvgIpc) is 3.01. The number of hydrogen-bond donors (Lipinski definition) is 2. The van der Waals surface area contributed by atoms with Crippen molar-refractivity contribution in [2.75, 3.05) is 5.32 Å². The molecule has 3 aromatic rings. The molecule has 172 valence electrons. The van der Waals surface area contributed by atoms with E-state index < -0.39 is 12.7 Å². The van der Waals surface area contributed by atoms with Crippen molar-refractivity contribution in [3.8, 4) is 0 Å². The maximum Gasteiger partial charge on any atom is 0.494 e. The third-order valence-electron chi connectivity index (χ3n) is 6.94. The van der Waals surface area contributed by atoms with E-state index in [0.29, 0.717) is 0 Å². The van der Waals surface area contributed by atoms with E-state index in [1.807, 2.05) is 30.3 Å². The smallest absolute Gasteiger partial charge is 0.399 e. The number of rotatable bonds is 6. The standard InChI is InChI=1S/C28H35BN2O2/c1-26(2,3)16-17-28(6)27(4,5)32-29(33-28)22-11-9-12-23(18-22)31-25-21(19-30)15-14-20-10-7-8-13-24(20)25/h7-15,18-19,30-31H,16-17H2,1-6H3. The molecule has 0 bridgehead atoms. The van der Waals surface area contributed by atoms with Crippen molar-refractivity contribution in [2.24, 2.45) is 5.41 Å². The zero-order valence-corrected chi connectivity index (χ0v) is 20.7. The van der Waals surface area contributed by atoms with Gasteiger partial charge in [-0.3, -0.25) is 0 Å². The van der Waals surface area contributed by atoms with Gasteiger partial charge in [0, 0.05) is 22.9 Å². The van der Waals surface area contributed by atoms with Crippen LogP contribution in [-0.2, 0) is 9.31 Å². The molecule has 5 heteroatoms. The van der Waals surface area contributed by atoms with Gasteiger partial charge in [0.1, 0.15) is 0 Å². The number of anilines is 2. The molecule has 0 radical (unpaired) electrons. The van der Waals surface area contributed by atoms with Crippen molar-refractivity contribution in [2.45, 2.75) is 65.6 Å². The second-order valence-corrected chi connectivity index (χ2v) is 11.0. The van der Waals surface area contributed by atoms with Gasteiger partial charge < -0.3 is 20.0 Å². The van der Waals surface area contributed by atoms with Crippen LogP contribution >= 0.6 is 0 Å². The molecule has 4 rings (SSSR count). The Morgan fingerprint density at radius 1 is 0.970 bits per heavy atom. The van der Waals surface area contributed by atoms with Crippen LogP contribution in [0.2, 0.25) is 0 Å². The normalized spacial score (nSPS) is 20.2. The van der Waals surface area contributed by atoms with E-state index in [2.05, 4.69) is 77.2 Å². The molecule has 1 heterocycles. The lowest BCUT2D eigenvalue weighted by Gasteiger charge is -2.38. The van der Waals surface area contributed by atoms with Crippen LogP contribution in [0.3, 0.4) is 0 Å². The van der Waals surface area contributed by atoms with Gasteiger partial charge in [0.25, 0.3) is 0 Å². The van der Waals surface area contributed by atoms with Gasteiger partial charge in [0.15, 0.2) is 0 Å². The lowest BCUT2D eigenvalue weighted by molar-refractivity contribution is -0.0223. The van der Waals surface area contributed by atoms with Crippen LogP contribution in [0, 0.1) is 10.8 Å². The minimum atomic E-state index is -0.415. The van der Waals surface area contributed by atoms with Crippen molar-refractivity contribution in [3.63, 3.8) is 0 Å². The van der Waals surface area contributed by atoms with Crippen molar-refractivity contribution >= 4 is 40.9 Å². The van der Waals surface area contributed by atoms with E-state index >= 15 is 0 Å². The summed E-state index contributed by atoms with van der Waals surface area (Å²) in [5.74, 6) is 0. The van der Waals surface area contributed by atoms with E-state index in [4.69, 9.17) is 14.7 Å². The third kappa shape index (κ3) is 4.85. The Balaban J connectivity index is 1.61. The molecule has 0 aromatic heterocycles. The van der Waals surface area contributed by atoms with Crippen LogP contribution in [0.4, 0.5) is 11.4 Å². The molecule has 0 amide bonds. The molecule has 0 spiro atoms. The first-order valence-electron chi connectivity index (χ1n) is 11.8. The summed E-state index contributed by atoms with van der Waals surface area (Å²) in [6, 6.07) is 20.5. The number of fused-ring (bicyclic) bond motifs is 1. The molecule has 1 aliphatic heterocycles. The van der Waals surface area contributed by atoms with Crippen molar-refractivity contribution in [3.05, 3.63) is 66.2 Å². The first kappa shape index (κ1) is 23.5. The summed E-state index contributed by atoms with van der Waals surface area (Å²) in [5, 5.41) is 13.7. The van der Waals surface area contributed by atoms with E-state index in [-0.39, 0.29) is 11.0 Å². The van der Waals surface area contributed by atoms with Gasteiger partial charge in [-0.15, -0.1) is 0 Å². The molecular formula is C28H35BN2O2. The summed E-state index contributed by atoms with van der Waals surface area (Å²) in [5.41, 5.74) is 3.21. The van der Waals surface area contributed by atoms with Gasteiger partial charge in [-0.1, -0.05) is 69.3 Å². The van der Waals surface area contributed by atoms with Crippen LogP contribution in [0.15, 0.2) is 60.7 Å². The molecule has 1 saturated heterocycles. The highest BCUT2D eigenvalue weighted by Gasteiger charge is 2.54. The minimum Gasteiger partial charge on any atom is -0.399 e. The van der Waals surface area contributed by atoms with Crippen molar-refractivity contribution in [1.29, 1.82) is 5.41 Å². The Morgan fingerprint density at radius 3 is 2.45 bits per heavy atom. The Morgan fingerprint density at radius 2 is 1.73 bits per heavy atom. The van der Waals surface area contributed by atoms with E-state index in [0.717, 1.165) is 46.0 Å². The first-order valence-corrected chi connectivity index (χ1v) is 11.8. The molecule has 0 aliphatic carbocycles. The molecule has 3 aromatic carbocycles. The first-order chi connectivity index (χ1) is 15.5. The monoisotopic (exact) mass is 442 g/mol. The highest BCUT2D eigenvalue weighted by molar-refractivity contribution is 6.62. The van der Waals surface area contributed by atoms with Crippen LogP contribution < -0.4 is 10.8 Å². The molecule has 1 unspecified atom stereocenters. The van der Waals surface area contributed by atoms with Gasteiger partial charge in [-0.05, 0) is 62.0 Å². The lowest BCUT2D eigenvalue weighted by atomic mass is 9.78. The molecule has 1 atom stereocenters. The fourth-order valence-electron chi connectivity index (χ4n) is 4.36. The van der Waals surface area contributed by atoms with E-state index in [1.54, 1.807) is 0 Å². The van der Waals surface area contributed by atoms with Crippen molar-refractivity contribution < 1.29 is 9.31 Å². The van der Waals surface area contributed by atoms with Crippen LogP contribution in [0.1, 0.15) is 59.9 Å². The summed E-state index contributed by atoms with van der Waals surface area (Å²) < 4.78 is 13.0. The molecule has 2 N–H and O–H groups in total. The van der Waals surface area contributed by atoms with Crippen LogP contribution in [-0.4, -0.2) is 24.5 Å². The largest absolute Gasteiger partial charge is 0.494 e. The third-order valence-corrected chi connectivity index (χ3v) is 6.94. The van der Waals surface area contributed by atoms with Gasteiger partial charge >= 0.3 is 7.12 Å². The van der Waals surface area contributed by atoms with Gasteiger partial charge in [-0.2, -0.15) is 0 Å². The van der Waals surface area contributed by atoms with Gasteiger partial charge in [0.05, 0.1) is 16.9 Å². The molecule has 4 nitrogen and oxygen atoms in total. The summed E-state index contributed by atoms with van der Waals surface area (Å²) in [6.07, 6.45) is 3.40. The fourth-order valence-corrected chi connectivity index (χ4v) is 4.36. The highest BCUT2D eigenvalue weighted by Crippen LogP contribution is 2.42. The number of hydrogen-bond acceptors (Lipinski definition) is 4. The van der Waals surface area contributed by atoms with Crippen LogP contribution in [0.25, 0.3) is 10.8 Å². The Bertz CT molecular complexity index is 1170. The maximum atomic E-state index is 7.87. The quantitative estimate of drug-likeness (QED) is 0.330. The topological polar surface area (TPSA) is 54.3 Å². The molecular weight excluding hydrogens is 407 g/mol. The maximum absolute atomic E-state index is 7.87. The second kappa shape index (κ2) is 8.62. The summed E-state index contributed by atoms with van der Waals surface area (Å²) in [4.78, 5) is 0. The van der Waals surface area contributed by atoms with Gasteiger partial charge in [-0.25, -0.2) is 0 Å². The zero-order valence-electron chi connectivity index (χ0n) is 20.7. The Hall–Kier alpha value is -2.63. The molecule has 1 fully saturated rings. The van der Waals surface area contributed by atoms with Crippen molar-refractivity contribution in [1.82, 2.24) is 0 Å². The summed E-state index contributed by atoms with van der Waals surface area (Å²) >= 11 is 0. The Labute approximate surface area is 198 Å². The van der Waals surface area contributed by atoms with E-state index in [1.165, 1.54) is 6.21 Å². The summed E-state index contributed by atoms with van der Waals surface area (Å²) in [6.45, 7) is 13.2. The number of nitrogens with one attached hydrogen (secondary N) is 2. The SMILES string of the molecule is CC(C)(C)CCC1(C)OB(c2cccc(Nc3c(C=N)ccc4ccccc34)c2)OC1(C)C. The predicted molar refractivity (Wildman–Crippen MR) is 140 cm³/mol. The second-order valence-electron chi connectivity index (χ2n) is 11.0. The fraction of sp³-hybridized carbons (Fsp3) is 0.393. The van der Waals surface area contributed by atoms with Gasteiger partial charge in [0.2, 0.25) is 0 Å². The number of benzene rings is 3. The highest BCUT2D eigenvalue weighted by atomic mass is 16.7. The predicted octanol–water partition coefficient (Wildman–Crippen LogP) is 6.69. The minimum absolute atomic E-state index is 0.245. The molecule has 1 aliphatic rings. The molecule has 0 saturated carbocycles. The Kier molecular flexibility index (Phi) is 6.15. The van der Waals surface area contributed by atoms with E-state index in [9.17, 15) is 0 Å². The lowest BCUT2D eigenvalue weighted by Crippen LogP contribution is -2.45. The zero-order chi connectivity index (χ0) is 23.9. The van der Waals surface area contributed by atoms with Crippen LogP contribution in [0.5, 0.6) is 0 Å². The average molecular weight is 442 g/mol. The summed E-state index contributed by atoms with van der Waals surface area (Å²) in [7, 11) is -0.415.